The third kappa shape index (κ3) is 3.47. The second-order valence-corrected chi connectivity index (χ2v) is 5.05. The van der Waals surface area contributed by atoms with E-state index < -0.39 is 0 Å². The van der Waals surface area contributed by atoms with Crippen molar-refractivity contribution in [2.24, 2.45) is 0 Å². The summed E-state index contributed by atoms with van der Waals surface area (Å²) in [6, 6.07) is 8.19. The third-order valence-electron chi connectivity index (χ3n) is 3.54. The molecular weight excluding hydrogens is 240 g/mol. The molecule has 0 bridgehead atoms. The number of para-hydroxylation sites is 1. The van der Waals surface area contributed by atoms with Gasteiger partial charge in [-0.25, -0.2) is 0 Å². The molecule has 1 aromatic carbocycles. The maximum Gasteiger partial charge on any atom is 0.227 e. The van der Waals surface area contributed by atoms with E-state index >= 15 is 0 Å². The average molecular weight is 262 g/mol. The first-order valence-electron chi connectivity index (χ1n) is 6.84. The summed E-state index contributed by atoms with van der Waals surface area (Å²) < 4.78 is 5.03. The van der Waals surface area contributed by atoms with Gasteiger partial charge >= 0.3 is 0 Å². The minimum Gasteiger partial charge on any atom is -0.385 e. The number of methoxy groups -OCH3 is 1. The average Bonchev–Trinajstić information content (AvgIpc) is 2.44. The zero-order valence-corrected chi connectivity index (χ0v) is 11.6. The Hall–Kier alpha value is -1.55. The molecule has 0 spiro atoms. The van der Waals surface area contributed by atoms with Crippen LogP contribution in [0, 0.1) is 0 Å². The van der Waals surface area contributed by atoms with E-state index in [1.54, 1.807) is 7.11 Å². The van der Waals surface area contributed by atoms with Crippen LogP contribution in [0.3, 0.4) is 0 Å². The first-order valence-corrected chi connectivity index (χ1v) is 6.84. The number of nitrogens with one attached hydrogen (secondary N) is 2. The van der Waals surface area contributed by atoms with Crippen LogP contribution in [-0.4, -0.2) is 32.2 Å². The van der Waals surface area contributed by atoms with E-state index in [1.807, 2.05) is 31.2 Å². The normalized spacial score (nSPS) is 19.2. The molecule has 19 heavy (non-hydrogen) atoms. The van der Waals surface area contributed by atoms with E-state index in [4.69, 9.17) is 4.74 Å². The third-order valence-corrected chi connectivity index (χ3v) is 3.54. The fraction of sp³-hybridized carbons (Fsp3) is 0.533. The minimum absolute atomic E-state index is 0.0394. The van der Waals surface area contributed by atoms with Crippen molar-refractivity contribution < 1.29 is 9.53 Å². The Kier molecular flexibility index (Phi) is 4.80. The van der Waals surface area contributed by atoms with Crippen LogP contribution in [-0.2, 0) is 9.53 Å². The van der Waals surface area contributed by atoms with Gasteiger partial charge in [-0.15, -0.1) is 0 Å². The zero-order valence-electron chi connectivity index (χ0n) is 11.6. The van der Waals surface area contributed by atoms with E-state index in [0.29, 0.717) is 6.61 Å². The lowest BCUT2D eigenvalue weighted by Gasteiger charge is -2.27. The number of rotatable bonds is 5. The van der Waals surface area contributed by atoms with Crippen LogP contribution >= 0.6 is 0 Å². The molecule has 2 N–H and O–H groups in total. The summed E-state index contributed by atoms with van der Waals surface area (Å²) in [5, 5.41) is 6.41. The Morgan fingerprint density at radius 3 is 3.11 bits per heavy atom. The Morgan fingerprint density at radius 1 is 1.53 bits per heavy atom. The van der Waals surface area contributed by atoms with Crippen molar-refractivity contribution in [3.05, 3.63) is 29.8 Å². The van der Waals surface area contributed by atoms with Crippen LogP contribution in [0.5, 0.6) is 0 Å². The van der Waals surface area contributed by atoms with Crippen molar-refractivity contribution in [3.8, 4) is 0 Å². The summed E-state index contributed by atoms with van der Waals surface area (Å²) >= 11 is 0. The van der Waals surface area contributed by atoms with Gasteiger partial charge in [0, 0.05) is 32.0 Å². The van der Waals surface area contributed by atoms with Crippen LogP contribution in [0.15, 0.2) is 24.3 Å². The number of fused-ring (bicyclic) bond motifs is 1. The van der Waals surface area contributed by atoms with Gasteiger partial charge in [0.15, 0.2) is 0 Å². The van der Waals surface area contributed by atoms with Gasteiger partial charge in [0.1, 0.15) is 0 Å². The molecule has 0 radical (unpaired) electrons. The zero-order chi connectivity index (χ0) is 13.7. The molecule has 104 valence electrons. The molecular formula is C15H22N2O2. The molecule has 1 aliphatic heterocycles. The number of hydrogen-bond donors (Lipinski definition) is 2. The number of amides is 1. The fourth-order valence-electron chi connectivity index (χ4n) is 2.45. The van der Waals surface area contributed by atoms with E-state index in [0.717, 1.165) is 30.6 Å². The summed E-state index contributed by atoms with van der Waals surface area (Å²) in [6.07, 6.45) is 1.69. The Morgan fingerprint density at radius 2 is 2.32 bits per heavy atom. The van der Waals surface area contributed by atoms with Gasteiger partial charge in [0.25, 0.3) is 0 Å². The molecule has 4 nitrogen and oxygen atoms in total. The maximum absolute atomic E-state index is 12.4. The number of ether oxygens (including phenoxy) is 1. The lowest BCUT2D eigenvalue weighted by molar-refractivity contribution is -0.123. The topological polar surface area (TPSA) is 50.4 Å². The predicted octanol–water partition coefficient (Wildman–Crippen LogP) is 2.13. The Balaban J connectivity index is 2.00. The molecule has 1 aromatic rings. The second kappa shape index (κ2) is 6.57. The molecule has 1 aliphatic rings. The van der Waals surface area contributed by atoms with Gasteiger partial charge in [0.2, 0.25) is 5.91 Å². The monoisotopic (exact) mass is 262 g/mol. The predicted molar refractivity (Wildman–Crippen MR) is 76.4 cm³/mol. The van der Waals surface area contributed by atoms with Crippen molar-refractivity contribution in [2.75, 3.05) is 25.6 Å². The maximum atomic E-state index is 12.4. The molecule has 0 saturated heterocycles. The molecule has 2 unspecified atom stereocenters. The van der Waals surface area contributed by atoms with Gasteiger partial charge in [0.05, 0.1) is 5.92 Å². The lowest BCUT2D eigenvalue weighted by atomic mass is 9.90. The first-order chi connectivity index (χ1) is 9.22. The standard InChI is InChI=1S/C15H22N2O2/c1-11(8-10-19-2)17-15(18)13-7-9-16-14-6-4-3-5-12(13)14/h3-6,11,13,16H,7-10H2,1-2H3,(H,17,18). The molecule has 0 fully saturated rings. The van der Waals surface area contributed by atoms with Crippen molar-refractivity contribution in [2.45, 2.75) is 31.7 Å². The molecule has 2 atom stereocenters. The number of benzene rings is 1. The molecule has 0 aliphatic carbocycles. The quantitative estimate of drug-likeness (QED) is 0.854. The Labute approximate surface area is 114 Å². The van der Waals surface area contributed by atoms with Crippen LogP contribution in [0.4, 0.5) is 5.69 Å². The van der Waals surface area contributed by atoms with Crippen molar-refractivity contribution in [1.82, 2.24) is 5.32 Å². The highest BCUT2D eigenvalue weighted by Crippen LogP contribution is 2.31. The summed E-state index contributed by atoms with van der Waals surface area (Å²) in [6.45, 7) is 3.54. The van der Waals surface area contributed by atoms with Gasteiger partial charge in [-0.3, -0.25) is 4.79 Å². The largest absolute Gasteiger partial charge is 0.385 e. The van der Waals surface area contributed by atoms with Crippen LogP contribution in [0.2, 0.25) is 0 Å². The molecule has 1 heterocycles. The SMILES string of the molecule is COCCC(C)NC(=O)C1CCNc2ccccc21. The van der Waals surface area contributed by atoms with Gasteiger partial charge in [-0.1, -0.05) is 18.2 Å². The molecule has 2 rings (SSSR count). The number of hydrogen-bond acceptors (Lipinski definition) is 3. The van der Waals surface area contributed by atoms with Crippen molar-refractivity contribution in [3.63, 3.8) is 0 Å². The smallest absolute Gasteiger partial charge is 0.227 e. The fourth-order valence-corrected chi connectivity index (χ4v) is 2.45. The van der Waals surface area contributed by atoms with E-state index in [-0.39, 0.29) is 17.9 Å². The second-order valence-electron chi connectivity index (χ2n) is 5.05. The van der Waals surface area contributed by atoms with Crippen LogP contribution in [0.1, 0.15) is 31.2 Å². The minimum atomic E-state index is -0.0394. The van der Waals surface area contributed by atoms with E-state index in [9.17, 15) is 4.79 Å². The lowest BCUT2D eigenvalue weighted by Crippen LogP contribution is -2.38. The molecule has 0 saturated carbocycles. The van der Waals surface area contributed by atoms with E-state index in [1.165, 1.54) is 0 Å². The van der Waals surface area contributed by atoms with Gasteiger partial charge in [-0.2, -0.15) is 0 Å². The van der Waals surface area contributed by atoms with Gasteiger partial charge < -0.3 is 15.4 Å². The van der Waals surface area contributed by atoms with Crippen molar-refractivity contribution >= 4 is 11.6 Å². The first kappa shape index (κ1) is 13.9. The van der Waals surface area contributed by atoms with Crippen LogP contribution < -0.4 is 10.6 Å². The number of carbonyl (C=O) groups excluding carboxylic acids is 1. The highest BCUT2D eigenvalue weighted by Gasteiger charge is 2.26. The number of carbonyl (C=O) groups is 1. The van der Waals surface area contributed by atoms with Crippen molar-refractivity contribution in [1.29, 1.82) is 0 Å². The molecule has 4 heteroatoms. The number of anilines is 1. The summed E-state index contributed by atoms with van der Waals surface area (Å²) in [5.74, 6) is 0.0833. The summed E-state index contributed by atoms with van der Waals surface area (Å²) in [5.41, 5.74) is 2.18. The summed E-state index contributed by atoms with van der Waals surface area (Å²) in [7, 11) is 1.68. The highest BCUT2D eigenvalue weighted by molar-refractivity contribution is 5.86. The summed E-state index contributed by atoms with van der Waals surface area (Å²) in [4.78, 5) is 12.4. The van der Waals surface area contributed by atoms with Crippen LogP contribution in [0.25, 0.3) is 0 Å². The Bertz CT molecular complexity index is 434. The molecule has 1 amide bonds. The van der Waals surface area contributed by atoms with Gasteiger partial charge in [-0.05, 0) is 31.4 Å². The van der Waals surface area contributed by atoms with E-state index in [2.05, 4.69) is 10.6 Å². The molecule has 0 aromatic heterocycles. The highest BCUT2D eigenvalue weighted by atomic mass is 16.5.